The third-order valence-corrected chi connectivity index (χ3v) is 4.13. The van der Waals surface area contributed by atoms with Gasteiger partial charge in [0.2, 0.25) is 0 Å². The van der Waals surface area contributed by atoms with Gasteiger partial charge in [-0.3, -0.25) is 4.90 Å². The van der Waals surface area contributed by atoms with E-state index >= 15 is 0 Å². The van der Waals surface area contributed by atoms with E-state index in [0.717, 1.165) is 11.3 Å². The second-order valence-electron chi connectivity index (χ2n) is 3.91. The van der Waals surface area contributed by atoms with E-state index in [1.54, 1.807) is 4.90 Å². The molecule has 4 nitrogen and oxygen atoms in total. The molecule has 1 atom stereocenters. The maximum Gasteiger partial charge on any atom is 0.410 e. The molecule has 0 saturated carbocycles. The quantitative estimate of drug-likeness (QED) is 0.526. The van der Waals surface area contributed by atoms with Gasteiger partial charge in [0.1, 0.15) is 6.61 Å². The number of H-pyrrole nitrogens is 1. The largest absolute Gasteiger partial charge is 0.445 e. The maximum absolute atomic E-state index is 11.9. The van der Waals surface area contributed by atoms with Crippen LogP contribution in [-0.2, 0) is 4.74 Å². The number of hydrogen-bond acceptors (Lipinski definition) is 4. The highest BCUT2D eigenvalue weighted by molar-refractivity contribution is 7.73. The van der Waals surface area contributed by atoms with E-state index in [2.05, 4.69) is 11.6 Å². The van der Waals surface area contributed by atoms with Crippen molar-refractivity contribution in [2.45, 2.75) is 6.04 Å². The van der Waals surface area contributed by atoms with Crippen molar-refractivity contribution >= 4 is 46.8 Å². The number of thiazole rings is 1. The van der Waals surface area contributed by atoms with E-state index in [-0.39, 0.29) is 18.7 Å². The molecule has 0 aliphatic carbocycles. The summed E-state index contributed by atoms with van der Waals surface area (Å²) in [5, 5.41) is 1.94. The minimum absolute atomic E-state index is 0.195. The van der Waals surface area contributed by atoms with E-state index in [9.17, 15) is 4.79 Å². The Labute approximate surface area is 125 Å². The van der Waals surface area contributed by atoms with Crippen molar-refractivity contribution in [3.05, 3.63) is 33.8 Å². The van der Waals surface area contributed by atoms with Crippen LogP contribution in [0.1, 0.15) is 5.69 Å². The van der Waals surface area contributed by atoms with Gasteiger partial charge in [-0.25, -0.2) is 4.79 Å². The summed E-state index contributed by atoms with van der Waals surface area (Å²) in [7, 11) is 0. The lowest BCUT2D eigenvalue weighted by atomic mass is 10.1. The first-order chi connectivity index (χ1) is 9.17. The highest BCUT2D eigenvalue weighted by Gasteiger charge is 2.32. The van der Waals surface area contributed by atoms with Crippen molar-refractivity contribution in [2.75, 3.05) is 19.0 Å². The fourth-order valence-corrected chi connectivity index (χ4v) is 3.10. The van der Waals surface area contributed by atoms with E-state index in [1.807, 2.05) is 11.5 Å². The third kappa shape index (κ3) is 3.08. The molecule has 0 saturated heterocycles. The Hall–Kier alpha value is -1.11. The van der Waals surface area contributed by atoms with Gasteiger partial charge in [-0.15, -0.1) is 22.9 Å². The number of alkyl halides is 1. The zero-order valence-electron chi connectivity index (χ0n) is 10.1. The Morgan fingerprint density at radius 3 is 3.16 bits per heavy atom. The topological polar surface area (TPSA) is 45.3 Å². The van der Waals surface area contributed by atoms with Crippen molar-refractivity contribution in [2.24, 2.45) is 0 Å². The standard InChI is InChI=1S/C12H13ClN2O2S2/c1-2-5-17-12(16)15-4-3-8(10(15)6-13)9-7-19-11(18)14-9/h2-3,7,10H,1,4-6H2,(H,14,18)/t10-/m0/s1. The lowest BCUT2D eigenvalue weighted by Gasteiger charge is -2.24. The Morgan fingerprint density at radius 1 is 1.79 bits per heavy atom. The number of nitrogens with zero attached hydrogens (tertiary/aromatic N) is 1. The Morgan fingerprint density at radius 2 is 2.58 bits per heavy atom. The van der Waals surface area contributed by atoms with E-state index in [4.69, 9.17) is 28.6 Å². The fraction of sp³-hybridized carbons (Fsp3) is 0.333. The predicted molar refractivity (Wildman–Crippen MR) is 80.2 cm³/mol. The minimum atomic E-state index is -0.384. The summed E-state index contributed by atoms with van der Waals surface area (Å²) in [5.74, 6) is 0.311. The molecular formula is C12H13ClN2O2S2. The summed E-state index contributed by atoms with van der Waals surface area (Å²) < 4.78 is 5.75. The molecule has 0 bridgehead atoms. The van der Waals surface area contributed by atoms with Crippen LogP contribution in [0.4, 0.5) is 4.79 Å². The van der Waals surface area contributed by atoms with Crippen molar-refractivity contribution in [1.82, 2.24) is 9.88 Å². The smallest absolute Gasteiger partial charge is 0.410 e. The van der Waals surface area contributed by atoms with Crippen LogP contribution >= 0.6 is 35.2 Å². The molecule has 0 aromatic carbocycles. The zero-order chi connectivity index (χ0) is 13.8. The third-order valence-electron chi connectivity index (χ3n) is 2.78. The predicted octanol–water partition coefficient (Wildman–Crippen LogP) is 3.43. The molecule has 2 heterocycles. The summed E-state index contributed by atoms with van der Waals surface area (Å²) in [4.78, 5) is 16.6. The first kappa shape index (κ1) is 14.3. The molecule has 2 rings (SSSR count). The van der Waals surface area contributed by atoms with Crippen molar-refractivity contribution < 1.29 is 9.53 Å². The molecule has 102 valence electrons. The Bertz CT molecular complexity index is 564. The summed E-state index contributed by atoms with van der Waals surface area (Å²) in [6.07, 6.45) is 3.12. The normalized spacial score (nSPS) is 18.3. The summed E-state index contributed by atoms with van der Waals surface area (Å²) in [5.41, 5.74) is 1.90. The van der Waals surface area contributed by atoms with Gasteiger partial charge >= 0.3 is 6.09 Å². The number of halogens is 1. The van der Waals surface area contributed by atoms with Crippen molar-refractivity contribution in [3.8, 4) is 0 Å². The number of ether oxygens (including phenoxy) is 1. The lowest BCUT2D eigenvalue weighted by Crippen LogP contribution is -2.38. The molecule has 0 radical (unpaired) electrons. The molecule has 1 aromatic rings. The van der Waals surface area contributed by atoms with Gasteiger partial charge in [0.05, 0.1) is 11.7 Å². The van der Waals surface area contributed by atoms with Gasteiger partial charge in [-0.1, -0.05) is 18.7 Å². The van der Waals surface area contributed by atoms with Crippen LogP contribution in [0.3, 0.4) is 0 Å². The molecule has 0 fully saturated rings. The van der Waals surface area contributed by atoms with Crippen LogP contribution in [0.2, 0.25) is 0 Å². The SMILES string of the molecule is C=CCOC(=O)N1CC=C(c2csc(=S)[nH]2)[C@@H]1CCl. The second-order valence-corrected chi connectivity index (χ2v) is 5.76. The number of rotatable bonds is 4. The minimum Gasteiger partial charge on any atom is -0.445 e. The fourth-order valence-electron chi connectivity index (χ4n) is 1.92. The van der Waals surface area contributed by atoms with Crippen molar-refractivity contribution in [1.29, 1.82) is 0 Å². The monoisotopic (exact) mass is 316 g/mol. The van der Waals surface area contributed by atoms with Gasteiger partial charge in [0.25, 0.3) is 0 Å². The molecule has 7 heteroatoms. The molecule has 0 unspecified atom stereocenters. The molecular weight excluding hydrogens is 304 g/mol. The van der Waals surface area contributed by atoms with Gasteiger partial charge < -0.3 is 9.72 Å². The molecule has 1 aliphatic heterocycles. The maximum atomic E-state index is 11.9. The van der Waals surface area contributed by atoms with Crippen LogP contribution in [0, 0.1) is 3.95 Å². The lowest BCUT2D eigenvalue weighted by molar-refractivity contribution is 0.114. The van der Waals surface area contributed by atoms with E-state index in [0.29, 0.717) is 16.4 Å². The number of carbonyl (C=O) groups is 1. The van der Waals surface area contributed by atoms with Crippen LogP contribution in [-0.4, -0.2) is 41.1 Å². The average Bonchev–Trinajstić information content (AvgIpc) is 3.01. The first-order valence-electron chi connectivity index (χ1n) is 5.66. The molecule has 1 aromatic heterocycles. The Balaban J connectivity index is 2.14. The highest BCUT2D eigenvalue weighted by atomic mass is 35.5. The van der Waals surface area contributed by atoms with Crippen LogP contribution in [0.5, 0.6) is 0 Å². The number of hydrogen-bond donors (Lipinski definition) is 1. The van der Waals surface area contributed by atoms with Gasteiger partial charge in [0.15, 0.2) is 3.95 Å². The first-order valence-corrected chi connectivity index (χ1v) is 7.48. The number of nitrogens with one attached hydrogen (secondary N) is 1. The molecule has 1 amide bonds. The molecule has 1 aliphatic rings. The summed E-state index contributed by atoms with van der Waals surface area (Å²) in [6.45, 7) is 4.19. The number of aromatic nitrogens is 1. The Kier molecular flexibility index (Phi) is 4.79. The van der Waals surface area contributed by atoms with Crippen molar-refractivity contribution in [3.63, 3.8) is 0 Å². The highest BCUT2D eigenvalue weighted by Crippen LogP contribution is 2.29. The second kappa shape index (κ2) is 6.36. The number of carbonyl (C=O) groups excluding carboxylic acids is 1. The molecule has 19 heavy (non-hydrogen) atoms. The number of aromatic amines is 1. The molecule has 1 N–H and O–H groups in total. The van der Waals surface area contributed by atoms with Gasteiger partial charge in [-0.05, 0) is 17.8 Å². The summed E-state index contributed by atoms with van der Waals surface area (Å²) >= 11 is 12.5. The van der Waals surface area contributed by atoms with E-state index < -0.39 is 0 Å². The average molecular weight is 317 g/mol. The van der Waals surface area contributed by atoms with Gasteiger partial charge in [0, 0.05) is 17.8 Å². The van der Waals surface area contributed by atoms with Crippen LogP contribution in [0.15, 0.2) is 24.1 Å². The van der Waals surface area contributed by atoms with Gasteiger partial charge in [-0.2, -0.15) is 0 Å². The van der Waals surface area contributed by atoms with Crippen LogP contribution < -0.4 is 0 Å². The zero-order valence-corrected chi connectivity index (χ0v) is 12.5. The van der Waals surface area contributed by atoms with Crippen LogP contribution in [0.25, 0.3) is 5.57 Å². The molecule has 0 spiro atoms. The summed E-state index contributed by atoms with van der Waals surface area (Å²) in [6, 6.07) is -0.195. The number of amides is 1. The van der Waals surface area contributed by atoms with E-state index in [1.165, 1.54) is 17.4 Å².